The van der Waals surface area contributed by atoms with Crippen molar-refractivity contribution in [3.63, 3.8) is 0 Å². The first kappa shape index (κ1) is 19.6. The van der Waals surface area contributed by atoms with Gasteiger partial charge in [-0.05, 0) is 30.4 Å². The molecule has 0 radical (unpaired) electrons. The molecule has 1 heterocycles. The highest BCUT2D eigenvalue weighted by Gasteiger charge is 2.41. The number of benzene rings is 2. The largest absolute Gasteiger partial charge is 0.372 e. The summed E-state index contributed by atoms with van der Waals surface area (Å²) in [6.45, 7) is 3.03. The number of hydrogen-bond acceptors (Lipinski definition) is 3. The van der Waals surface area contributed by atoms with Gasteiger partial charge in [0.05, 0.1) is 11.3 Å². The van der Waals surface area contributed by atoms with Crippen LogP contribution in [0.4, 0.5) is 0 Å². The zero-order chi connectivity index (χ0) is 19.0. The Kier molecular flexibility index (Phi) is 7.05. The van der Waals surface area contributed by atoms with E-state index in [9.17, 15) is 5.11 Å². The number of nitrogens with one attached hydrogen (secondary N) is 1. The van der Waals surface area contributed by atoms with Crippen molar-refractivity contribution in [1.29, 1.82) is 0 Å². The van der Waals surface area contributed by atoms with Gasteiger partial charge in [-0.25, -0.2) is 0 Å². The van der Waals surface area contributed by atoms with Gasteiger partial charge in [0.1, 0.15) is 6.23 Å². The average Bonchev–Trinajstić information content (AvgIpc) is 2.69. The van der Waals surface area contributed by atoms with Crippen molar-refractivity contribution in [3.8, 4) is 0 Å². The average molecular weight is 365 g/mol. The van der Waals surface area contributed by atoms with E-state index in [1.165, 1.54) is 12.8 Å². The van der Waals surface area contributed by atoms with Crippen LogP contribution in [0.15, 0.2) is 65.7 Å². The molecule has 0 bridgehead atoms. The number of amidine groups is 1. The Balaban J connectivity index is 2.00. The van der Waals surface area contributed by atoms with Gasteiger partial charge in [0, 0.05) is 13.0 Å². The normalized spacial score (nSPS) is 16.7. The number of aliphatic imine (C=N–C) groups is 1. The molecule has 0 saturated carbocycles. The third-order valence-corrected chi connectivity index (χ3v) is 5.62. The maximum Gasteiger partial charge on any atom is 0.139 e. The molecule has 3 nitrogen and oxygen atoms in total. The molecule has 0 spiro atoms. The quantitative estimate of drug-likeness (QED) is 0.705. The summed E-state index contributed by atoms with van der Waals surface area (Å²) >= 11 is 0. The van der Waals surface area contributed by atoms with Crippen LogP contribution in [0.3, 0.4) is 0 Å². The van der Waals surface area contributed by atoms with Crippen molar-refractivity contribution < 1.29 is 5.11 Å². The molecule has 2 aromatic rings. The molecule has 0 aliphatic carbocycles. The summed E-state index contributed by atoms with van der Waals surface area (Å²) in [7, 11) is 0. The molecule has 1 atom stereocenters. The van der Waals surface area contributed by atoms with Gasteiger partial charge >= 0.3 is 0 Å². The Morgan fingerprint density at radius 3 is 2.11 bits per heavy atom. The van der Waals surface area contributed by atoms with Crippen LogP contribution in [-0.4, -0.2) is 23.7 Å². The highest BCUT2D eigenvalue weighted by atomic mass is 16.3. The first-order valence-corrected chi connectivity index (χ1v) is 10.4. The lowest BCUT2D eigenvalue weighted by Gasteiger charge is -2.40. The maximum absolute atomic E-state index is 11.5. The van der Waals surface area contributed by atoms with E-state index in [1.54, 1.807) is 0 Å². The lowest BCUT2D eigenvalue weighted by molar-refractivity contribution is 0.0814. The number of aliphatic hydroxyl groups is 1. The van der Waals surface area contributed by atoms with E-state index in [2.05, 4.69) is 60.8 Å². The molecule has 0 amide bonds. The fraction of sp³-hybridized carbons (Fsp3) is 0.458. The van der Waals surface area contributed by atoms with E-state index < -0.39 is 11.6 Å². The van der Waals surface area contributed by atoms with E-state index >= 15 is 0 Å². The second-order valence-corrected chi connectivity index (χ2v) is 7.49. The van der Waals surface area contributed by atoms with Crippen molar-refractivity contribution in [1.82, 2.24) is 5.32 Å². The zero-order valence-electron chi connectivity index (χ0n) is 16.4. The summed E-state index contributed by atoms with van der Waals surface area (Å²) in [4.78, 5) is 4.73. The van der Waals surface area contributed by atoms with E-state index in [-0.39, 0.29) is 0 Å². The zero-order valence-corrected chi connectivity index (χ0v) is 16.4. The Labute approximate surface area is 163 Å². The summed E-state index contributed by atoms with van der Waals surface area (Å²) in [6, 6.07) is 20.8. The lowest BCUT2D eigenvalue weighted by atomic mass is 9.69. The third kappa shape index (κ3) is 4.59. The Bertz CT molecular complexity index is 672. The highest BCUT2D eigenvalue weighted by Crippen LogP contribution is 2.39. The summed E-state index contributed by atoms with van der Waals surface area (Å²) in [5.41, 5.74) is 1.79. The smallest absolute Gasteiger partial charge is 0.139 e. The second-order valence-electron chi connectivity index (χ2n) is 7.49. The molecule has 3 heteroatoms. The molecular formula is C24H32N2O. The van der Waals surface area contributed by atoms with Gasteiger partial charge in [-0.1, -0.05) is 86.8 Å². The standard InChI is InChI=1S/C24H32N2O/c1-2-18-24(20-13-7-5-8-14-20,21-15-9-6-10-16-21)23(27)26-22-17-11-3-4-12-19-25-22/h5-10,13-16,23,27H,2-4,11-12,17-19H2,1H3,(H,25,26). The fourth-order valence-electron chi connectivity index (χ4n) is 4.22. The predicted molar refractivity (Wildman–Crippen MR) is 113 cm³/mol. The van der Waals surface area contributed by atoms with Gasteiger partial charge < -0.3 is 10.4 Å². The van der Waals surface area contributed by atoms with Gasteiger partial charge in [-0.15, -0.1) is 0 Å². The second kappa shape index (κ2) is 9.70. The van der Waals surface area contributed by atoms with Crippen molar-refractivity contribution in [2.24, 2.45) is 4.99 Å². The summed E-state index contributed by atoms with van der Waals surface area (Å²) in [5, 5.41) is 14.9. The SMILES string of the molecule is CCCC(c1ccccc1)(c1ccccc1)C(O)NC1=NCCCCCC1. The summed E-state index contributed by atoms with van der Waals surface area (Å²) < 4.78 is 0. The van der Waals surface area contributed by atoms with Crippen molar-refractivity contribution >= 4 is 5.84 Å². The molecule has 1 aliphatic heterocycles. The van der Waals surface area contributed by atoms with E-state index in [4.69, 9.17) is 4.99 Å². The summed E-state index contributed by atoms with van der Waals surface area (Å²) in [5.74, 6) is 0.953. The molecule has 2 N–H and O–H groups in total. The minimum atomic E-state index is -0.722. The van der Waals surface area contributed by atoms with Gasteiger partial charge in [-0.2, -0.15) is 0 Å². The molecule has 27 heavy (non-hydrogen) atoms. The van der Waals surface area contributed by atoms with Gasteiger partial charge in [0.25, 0.3) is 0 Å². The molecule has 2 aromatic carbocycles. The van der Waals surface area contributed by atoms with Crippen LogP contribution >= 0.6 is 0 Å². The highest BCUT2D eigenvalue weighted by molar-refractivity contribution is 5.82. The van der Waals surface area contributed by atoms with Crippen LogP contribution in [0, 0.1) is 0 Å². The van der Waals surface area contributed by atoms with Gasteiger partial charge in [-0.3, -0.25) is 4.99 Å². The fourth-order valence-corrected chi connectivity index (χ4v) is 4.22. The Morgan fingerprint density at radius 1 is 0.926 bits per heavy atom. The van der Waals surface area contributed by atoms with Crippen LogP contribution in [0.2, 0.25) is 0 Å². The van der Waals surface area contributed by atoms with Gasteiger partial charge in [0.2, 0.25) is 0 Å². The third-order valence-electron chi connectivity index (χ3n) is 5.62. The molecule has 0 aromatic heterocycles. The monoisotopic (exact) mass is 364 g/mol. The van der Waals surface area contributed by atoms with Crippen molar-refractivity contribution in [3.05, 3.63) is 71.8 Å². The molecule has 0 fully saturated rings. The number of rotatable bonds is 6. The van der Waals surface area contributed by atoms with Gasteiger partial charge in [0.15, 0.2) is 0 Å². The first-order chi connectivity index (χ1) is 13.3. The lowest BCUT2D eigenvalue weighted by Crippen LogP contribution is -2.51. The van der Waals surface area contributed by atoms with Crippen LogP contribution < -0.4 is 5.32 Å². The molecule has 3 rings (SSSR count). The minimum Gasteiger partial charge on any atom is -0.372 e. The molecule has 0 saturated heterocycles. The van der Waals surface area contributed by atoms with Crippen LogP contribution in [0.25, 0.3) is 0 Å². The van der Waals surface area contributed by atoms with Crippen LogP contribution in [0.5, 0.6) is 0 Å². The maximum atomic E-state index is 11.5. The number of nitrogens with zero attached hydrogens (tertiary/aromatic N) is 1. The molecule has 1 aliphatic rings. The number of aliphatic hydroxyl groups excluding tert-OH is 1. The predicted octanol–water partition coefficient (Wildman–Crippen LogP) is 5.04. The summed E-state index contributed by atoms with van der Waals surface area (Å²) in [6.07, 6.45) is 6.82. The topological polar surface area (TPSA) is 44.6 Å². The minimum absolute atomic E-state index is 0.498. The van der Waals surface area contributed by atoms with E-state index in [0.717, 1.165) is 55.6 Å². The molecule has 1 unspecified atom stereocenters. The molecular weight excluding hydrogens is 332 g/mol. The van der Waals surface area contributed by atoms with Crippen LogP contribution in [0.1, 0.15) is 63.0 Å². The number of hydrogen-bond donors (Lipinski definition) is 2. The Morgan fingerprint density at radius 2 is 1.52 bits per heavy atom. The first-order valence-electron chi connectivity index (χ1n) is 10.4. The van der Waals surface area contributed by atoms with E-state index in [1.807, 2.05) is 12.1 Å². The van der Waals surface area contributed by atoms with E-state index in [0.29, 0.717) is 0 Å². The molecule has 144 valence electrons. The van der Waals surface area contributed by atoms with Crippen molar-refractivity contribution in [2.45, 2.75) is 63.5 Å². The van der Waals surface area contributed by atoms with Crippen LogP contribution in [-0.2, 0) is 5.41 Å². The van der Waals surface area contributed by atoms with Crippen molar-refractivity contribution in [2.75, 3.05) is 6.54 Å². The Hall–Kier alpha value is -2.13.